The molecule has 0 saturated carbocycles. The lowest BCUT2D eigenvalue weighted by Gasteiger charge is -2.02. The maximum absolute atomic E-state index is 11.2. The quantitative estimate of drug-likeness (QED) is 0.754. The predicted molar refractivity (Wildman–Crippen MR) is 55.1 cm³/mol. The molecule has 0 saturated heterocycles. The molecule has 1 amide bonds. The third-order valence-electron chi connectivity index (χ3n) is 1.71. The molecule has 0 unspecified atom stereocenters. The van der Waals surface area contributed by atoms with Crippen molar-refractivity contribution in [2.45, 2.75) is 13.3 Å². The summed E-state index contributed by atoms with van der Waals surface area (Å²) in [6.45, 7) is 1.36. The van der Waals surface area contributed by atoms with E-state index in [1.807, 2.05) is 6.07 Å². The highest BCUT2D eigenvalue weighted by Gasteiger charge is 2.04. The van der Waals surface area contributed by atoms with Crippen molar-refractivity contribution in [3.05, 3.63) is 29.8 Å². The Labute approximate surface area is 87.5 Å². The van der Waals surface area contributed by atoms with Crippen molar-refractivity contribution in [3.63, 3.8) is 0 Å². The number of ketones is 1. The third kappa shape index (κ3) is 3.61. The summed E-state index contributed by atoms with van der Waals surface area (Å²) < 4.78 is 0. The van der Waals surface area contributed by atoms with Gasteiger partial charge in [0.2, 0.25) is 5.91 Å². The summed E-state index contributed by atoms with van der Waals surface area (Å²) >= 11 is 0. The number of anilines is 1. The number of amides is 1. The molecule has 0 aliphatic heterocycles. The number of rotatable bonds is 3. The van der Waals surface area contributed by atoms with E-state index in [9.17, 15) is 9.59 Å². The molecule has 0 heterocycles. The van der Waals surface area contributed by atoms with Crippen LogP contribution in [0.1, 0.15) is 18.9 Å². The Morgan fingerprint density at radius 2 is 1.93 bits per heavy atom. The van der Waals surface area contributed by atoms with E-state index >= 15 is 0 Å². The van der Waals surface area contributed by atoms with Crippen LogP contribution in [-0.2, 0) is 9.59 Å². The molecule has 0 spiro atoms. The van der Waals surface area contributed by atoms with Crippen molar-refractivity contribution in [1.82, 2.24) is 0 Å². The van der Waals surface area contributed by atoms with Gasteiger partial charge >= 0.3 is 0 Å². The van der Waals surface area contributed by atoms with Crippen LogP contribution in [0.5, 0.6) is 0 Å². The van der Waals surface area contributed by atoms with Gasteiger partial charge in [-0.05, 0) is 31.2 Å². The predicted octanol–water partition coefficient (Wildman–Crippen LogP) is 1.48. The number of hydrogen-bond donors (Lipinski definition) is 1. The van der Waals surface area contributed by atoms with Gasteiger partial charge in [0, 0.05) is 5.69 Å². The first kappa shape index (κ1) is 10.9. The van der Waals surface area contributed by atoms with E-state index in [-0.39, 0.29) is 18.1 Å². The highest BCUT2D eigenvalue weighted by atomic mass is 16.2. The average molecular weight is 202 g/mol. The first-order valence-corrected chi connectivity index (χ1v) is 4.41. The first-order chi connectivity index (χ1) is 7.11. The molecule has 0 atom stereocenters. The van der Waals surface area contributed by atoms with E-state index in [1.54, 1.807) is 24.3 Å². The average Bonchev–Trinajstić information content (AvgIpc) is 2.17. The molecular formula is C11H10N2O2. The van der Waals surface area contributed by atoms with Crippen LogP contribution in [-0.4, -0.2) is 11.7 Å². The fourth-order valence-electron chi connectivity index (χ4n) is 1.06. The van der Waals surface area contributed by atoms with Gasteiger partial charge in [-0.25, -0.2) is 0 Å². The normalized spacial score (nSPS) is 9.07. The number of hydrogen-bond acceptors (Lipinski definition) is 3. The highest BCUT2D eigenvalue weighted by molar-refractivity contribution is 6.03. The largest absolute Gasteiger partial charge is 0.326 e. The van der Waals surface area contributed by atoms with Crippen molar-refractivity contribution < 1.29 is 9.59 Å². The zero-order valence-electron chi connectivity index (χ0n) is 8.28. The molecule has 1 aromatic carbocycles. The molecule has 15 heavy (non-hydrogen) atoms. The minimum absolute atomic E-state index is 0.125. The van der Waals surface area contributed by atoms with E-state index in [0.29, 0.717) is 11.3 Å². The van der Waals surface area contributed by atoms with Gasteiger partial charge in [0.25, 0.3) is 0 Å². The zero-order chi connectivity index (χ0) is 11.3. The van der Waals surface area contributed by atoms with Crippen LogP contribution in [0.4, 0.5) is 5.69 Å². The zero-order valence-corrected chi connectivity index (χ0v) is 8.28. The molecule has 0 fully saturated rings. The molecule has 0 aliphatic carbocycles. The lowest BCUT2D eigenvalue weighted by atomic mass is 10.2. The first-order valence-electron chi connectivity index (χ1n) is 4.41. The van der Waals surface area contributed by atoms with Crippen LogP contribution in [0.2, 0.25) is 0 Å². The van der Waals surface area contributed by atoms with E-state index in [4.69, 9.17) is 5.26 Å². The van der Waals surface area contributed by atoms with Crippen LogP contribution in [0.15, 0.2) is 24.3 Å². The van der Waals surface area contributed by atoms with Gasteiger partial charge in [-0.15, -0.1) is 0 Å². The second-order valence-corrected chi connectivity index (χ2v) is 3.12. The molecule has 76 valence electrons. The molecule has 0 aromatic heterocycles. The van der Waals surface area contributed by atoms with E-state index in [0.717, 1.165) is 0 Å². The number of nitriles is 1. The second-order valence-electron chi connectivity index (χ2n) is 3.12. The summed E-state index contributed by atoms with van der Waals surface area (Å²) in [6, 6.07) is 8.42. The SMILES string of the molecule is CC(=O)CC(=O)Nc1ccc(C#N)cc1. The Balaban J connectivity index is 2.62. The standard InChI is InChI=1S/C11H10N2O2/c1-8(14)6-11(15)13-10-4-2-9(7-12)3-5-10/h2-5H,6H2,1H3,(H,13,15). The van der Waals surface area contributed by atoms with Gasteiger partial charge in [0.1, 0.15) is 5.78 Å². The highest BCUT2D eigenvalue weighted by Crippen LogP contribution is 2.08. The molecule has 0 bridgehead atoms. The molecule has 1 rings (SSSR count). The molecular weight excluding hydrogens is 192 g/mol. The molecule has 1 N–H and O–H groups in total. The summed E-state index contributed by atoms with van der Waals surface area (Å²) in [5.74, 6) is -0.520. The summed E-state index contributed by atoms with van der Waals surface area (Å²) in [6.07, 6.45) is -0.125. The van der Waals surface area contributed by atoms with Crippen molar-refractivity contribution >= 4 is 17.4 Å². The van der Waals surface area contributed by atoms with Crippen molar-refractivity contribution in [1.29, 1.82) is 5.26 Å². The summed E-state index contributed by atoms with van der Waals surface area (Å²) in [7, 11) is 0. The fraction of sp³-hybridized carbons (Fsp3) is 0.182. The molecule has 1 aromatic rings. The number of nitrogens with zero attached hydrogens (tertiary/aromatic N) is 1. The Hall–Kier alpha value is -2.15. The van der Waals surface area contributed by atoms with Gasteiger partial charge in [0.05, 0.1) is 18.1 Å². The minimum Gasteiger partial charge on any atom is -0.326 e. The Morgan fingerprint density at radius 3 is 2.40 bits per heavy atom. The Bertz CT molecular complexity index is 415. The van der Waals surface area contributed by atoms with Gasteiger partial charge < -0.3 is 5.32 Å². The number of nitrogens with one attached hydrogen (secondary N) is 1. The number of carbonyl (C=O) groups excluding carboxylic acids is 2. The maximum Gasteiger partial charge on any atom is 0.231 e. The topological polar surface area (TPSA) is 70.0 Å². The monoisotopic (exact) mass is 202 g/mol. The van der Waals surface area contributed by atoms with Crippen molar-refractivity contribution in [2.75, 3.05) is 5.32 Å². The Kier molecular flexibility index (Phi) is 3.58. The van der Waals surface area contributed by atoms with Gasteiger partial charge in [0.15, 0.2) is 0 Å². The summed E-state index contributed by atoms with van der Waals surface area (Å²) in [5.41, 5.74) is 1.11. The van der Waals surface area contributed by atoms with E-state index < -0.39 is 0 Å². The van der Waals surface area contributed by atoms with Gasteiger partial charge in [-0.1, -0.05) is 0 Å². The molecule has 0 aliphatic rings. The third-order valence-corrected chi connectivity index (χ3v) is 1.71. The van der Waals surface area contributed by atoms with Crippen LogP contribution in [0.3, 0.4) is 0 Å². The van der Waals surface area contributed by atoms with Gasteiger partial charge in [-0.2, -0.15) is 5.26 Å². The molecule has 4 heteroatoms. The van der Waals surface area contributed by atoms with E-state index in [1.165, 1.54) is 6.92 Å². The fourth-order valence-corrected chi connectivity index (χ4v) is 1.06. The van der Waals surface area contributed by atoms with Crippen LogP contribution >= 0.6 is 0 Å². The minimum atomic E-state index is -0.341. The number of Topliss-reactive ketones (excluding diaryl/α,β-unsaturated/α-hetero) is 1. The summed E-state index contributed by atoms with van der Waals surface area (Å²) in [5, 5.41) is 11.1. The van der Waals surface area contributed by atoms with Crippen LogP contribution in [0.25, 0.3) is 0 Å². The van der Waals surface area contributed by atoms with Crippen molar-refractivity contribution in [2.24, 2.45) is 0 Å². The van der Waals surface area contributed by atoms with E-state index in [2.05, 4.69) is 5.32 Å². The Morgan fingerprint density at radius 1 is 1.33 bits per heavy atom. The lowest BCUT2D eigenvalue weighted by molar-refractivity contribution is -0.124. The smallest absolute Gasteiger partial charge is 0.231 e. The maximum atomic E-state index is 11.2. The van der Waals surface area contributed by atoms with Crippen LogP contribution in [0, 0.1) is 11.3 Å². The number of carbonyl (C=O) groups is 2. The van der Waals surface area contributed by atoms with Gasteiger partial charge in [-0.3, -0.25) is 9.59 Å². The van der Waals surface area contributed by atoms with Crippen LogP contribution < -0.4 is 5.32 Å². The number of benzene rings is 1. The molecule has 0 radical (unpaired) electrons. The molecule has 4 nitrogen and oxygen atoms in total. The second kappa shape index (κ2) is 4.91. The van der Waals surface area contributed by atoms with Crippen molar-refractivity contribution in [3.8, 4) is 6.07 Å². The lowest BCUT2D eigenvalue weighted by Crippen LogP contribution is -2.14. The summed E-state index contributed by atoms with van der Waals surface area (Å²) in [4.78, 5) is 21.8.